The van der Waals surface area contributed by atoms with Gasteiger partial charge in [-0.25, -0.2) is 4.98 Å². The summed E-state index contributed by atoms with van der Waals surface area (Å²) in [6, 6.07) is 9.33. The van der Waals surface area contributed by atoms with Crippen LogP contribution in [0.4, 0.5) is 5.69 Å². The number of hydrogen-bond donors (Lipinski definition) is 1. The average molecular weight is 360 g/mol. The van der Waals surface area contributed by atoms with E-state index in [2.05, 4.69) is 20.5 Å². The molecule has 1 N–H and O–H groups in total. The molecule has 24 heavy (non-hydrogen) atoms. The maximum absolute atomic E-state index is 12.2. The fourth-order valence-corrected chi connectivity index (χ4v) is 3.29. The molecule has 6 nitrogen and oxygen atoms in total. The third kappa shape index (κ3) is 4.42. The number of amides is 1. The number of nitrogens with one attached hydrogen (secondary N) is 1. The maximum atomic E-state index is 12.2. The van der Waals surface area contributed by atoms with Gasteiger partial charge in [-0.05, 0) is 26.0 Å². The van der Waals surface area contributed by atoms with Gasteiger partial charge in [-0.15, -0.1) is 21.5 Å². The van der Waals surface area contributed by atoms with E-state index in [0.29, 0.717) is 17.5 Å². The number of anilines is 1. The predicted molar refractivity (Wildman–Crippen MR) is 94.3 cm³/mol. The fraction of sp³-hybridized carbons (Fsp3) is 0.250. The fourth-order valence-electron chi connectivity index (χ4n) is 1.97. The van der Waals surface area contributed by atoms with Gasteiger partial charge in [-0.2, -0.15) is 0 Å². The van der Waals surface area contributed by atoms with Gasteiger partial charge in [0.1, 0.15) is 0 Å². The molecule has 0 aliphatic carbocycles. The van der Waals surface area contributed by atoms with E-state index in [0.717, 1.165) is 16.4 Å². The number of rotatable bonds is 6. The number of hydrogen-bond acceptors (Lipinski definition) is 7. The highest BCUT2D eigenvalue weighted by Gasteiger charge is 2.18. The Hall–Kier alpha value is -2.19. The Morgan fingerprint density at radius 2 is 2.12 bits per heavy atom. The van der Waals surface area contributed by atoms with E-state index in [4.69, 9.17) is 4.42 Å². The molecule has 124 valence electrons. The minimum atomic E-state index is -0.347. The van der Waals surface area contributed by atoms with Crippen molar-refractivity contribution < 1.29 is 9.21 Å². The van der Waals surface area contributed by atoms with Gasteiger partial charge >= 0.3 is 0 Å². The minimum Gasteiger partial charge on any atom is -0.416 e. The maximum Gasteiger partial charge on any atom is 0.277 e. The summed E-state index contributed by atoms with van der Waals surface area (Å²) < 4.78 is 5.59. The van der Waals surface area contributed by atoms with Gasteiger partial charge < -0.3 is 9.73 Å². The second-order valence-electron chi connectivity index (χ2n) is 5.11. The van der Waals surface area contributed by atoms with Crippen molar-refractivity contribution in [2.24, 2.45) is 0 Å². The highest BCUT2D eigenvalue weighted by Crippen LogP contribution is 2.24. The zero-order chi connectivity index (χ0) is 16.9. The normalized spacial score (nSPS) is 12.1. The van der Waals surface area contributed by atoms with E-state index in [-0.39, 0.29) is 11.2 Å². The van der Waals surface area contributed by atoms with E-state index < -0.39 is 0 Å². The first kappa shape index (κ1) is 16.7. The predicted octanol–water partition coefficient (Wildman–Crippen LogP) is 3.54. The Kier molecular flexibility index (Phi) is 5.27. The molecule has 0 saturated carbocycles. The summed E-state index contributed by atoms with van der Waals surface area (Å²) in [5.74, 6) is 0.388. The summed E-state index contributed by atoms with van der Waals surface area (Å²) in [4.78, 5) is 16.6. The third-order valence-electron chi connectivity index (χ3n) is 3.14. The number of benzene rings is 1. The summed E-state index contributed by atoms with van der Waals surface area (Å²) in [5.41, 5.74) is 1.67. The lowest BCUT2D eigenvalue weighted by Crippen LogP contribution is -2.22. The van der Waals surface area contributed by atoms with Crippen molar-refractivity contribution in [3.8, 4) is 0 Å². The monoisotopic (exact) mass is 360 g/mol. The highest BCUT2D eigenvalue weighted by atomic mass is 32.2. The molecule has 0 unspecified atom stereocenters. The van der Waals surface area contributed by atoms with E-state index in [9.17, 15) is 4.79 Å². The first-order valence-corrected chi connectivity index (χ1v) is 9.12. The van der Waals surface area contributed by atoms with E-state index in [1.54, 1.807) is 18.3 Å². The van der Waals surface area contributed by atoms with Crippen LogP contribution in [0.25, 0.3) is 0 Å². The van der Waals surface area contributed by atoms with Crippen molar-refractivity contribution in [1.29, 1.82) is 0 Å². The number of carbonyl (C=O) groups is 1. The van der Waals surface area contributed by atoms with Crippen LogP contribution in [0.2, 0.25) is 0 Å². The van der Waals surface area contributed by atoms with Crippen molar-refractivity contribution >= 4 is 34.7 Å². The topological polar surface area (TPSA) is 80.9 Å². The molecule has 0 aliphatic heterocycles. The number of aromatic nitrogens is 3. The summed E-state index contributed by atoms with van der Waals surface area (Å²) in [6.45, 7) is 3.76. The average Bonchev–Trinajstić information content (AvgIpc) is 3.17. The lowest BCUT2D eigenvalue weighted by molar-refractivity contribution is -0.115. The summed E-state index contributed by atoms with van der Waals surface area (Å²) in [6.07, 6.45) is 0.502. The molecule has 0 aliphatic rings. The largest absolute Gasteiger partial charge is 0.416 e. The van der Waals surface area contributed by atoms with Gasteiger partial charge in [0, 0.05) is 11.1 Å². The van der Waals surface area contributed by atoms with Gasteiger partial charge in [0.2, 0.25) is 11.8 Å². The zero-order valence-corrected chi connectivity index (χ0v) is 14.9. The Morgan fingerprint density at radius 1 is 1.33 bits per heavy atom. The minimum absolute atomic E-state index is 0.110. The van der Waals surface area contributed by atoms with Crippen LogP contribution in [0.15, 0.2) is 45.4 Å². The van der Waals surface area contributed by atoms with E-state index in [1.165, 1.54) is 11.8 Å². The standard InChI is InChI=1S/C16H16N4O2S2/c1-10(15(21)18-12-6-4-3-5-7-12)24-16-20-19-14(22-16)8-13-9-23-11(2)17-13/h3-7,9-10H,8H2,1-2H3,(H,18,21)/t10-/m1/s1. The number of carbonyl (C=O) groups excluding carboxylic acids is 1. The van der Waals surface area contributed by atoms with Crippen molar-refractivity contribution in [3.05, 3.63) is 52.3 Å². The van der Waals surface area contributed by atoms with Gasteiger partial charge in [0.05, 0.1) is 22.4 Å². The molecule has 3 rings (SSSR count). The molecular weight excluding hydrogens is 344 g/mol. The number of aryl methyl sites for hydroxylation is 1. The van der Waals surface area contributed by atoms with E-state index in [1.807, 2.05) is 42.6 Å². The molecular formula is C16H16N4O2S2. The first-order valence-electron chi connectivity index (χ1n) is 7.36. The first-order chi connectivity index (χ1) is 11.6. The lowest BCUT2D eigenvalue weighted by atomic mass is 10.3. The Bertz CT molecular complexity index is 816. The Balaban J connectivity index is 1.56. The molecule has 8 heteroatoms. The molecule has 1 amide bonds. The van der Waals surface area contributed by atoms with Crippen LogP contribution in [0.5, 0.6) is 0 Å². The number of thiazole rings is 1. The van der Waals surface area contributed by atoms with Crippen molar-refractivity contribution in [3.63, 3.8) is 0 Å². The van der Waals surface area contributed by atoms with Gasteiger partial charge in [0.25, 0.3) is 5.22 Å². The summed E-state index contributed by atoms with van der Waals surface area (Å²) in [7, 11) is 0. The second-order valence-corrected chi connectivity index (χ2v) is 7.47. The summed E-state index contributed by atoms with van der Waals surface area (Å²) >= 11 is 2.82. The molecule has 2 aromatic heterocycles. The van der Waals surface area contributed by atoms with Gasteiger partial charge in [-0.3, -0.25) is 4.79 Å². The second kappa shape index (κ2) is 7.59. The van der Waals surface area contributed by atoms with Crippen LogP contribution >= 0.6 is 23.1 Å². The molecule has 1 atom stereocenters. The summed E-state index contributed by atoms with van der Waals surface area (Å²) in [5, 5.41) is 13.9. The van der Waals surface area contributed by atoms with Gasteiger partial charge in [-0.1, -0.05) is 30.0 Å². The lowest BCUT2D eigenvalue weighted by Gasteiger charge is -2.09. The number of nitrogens with zero attached hydrogens (tertiary/aromatic N) is 3. The van der Waals surface area contributed by atoms with Crippen LogP contribution in [0.3, 0.4) is 0 Å². The molecule has 3 aromatic rings. The molecule has 0 spiro atoms. The van der Waals surface area contributed by atoms with Crippen molar-refractivity contribution in [1.82, 2.24) is 15.2 Å². The zero-order valence-electron chi connectivity index (χ0n) is 13.2. The van der Waals surface area contributed by atoms with Crippen LogP contribution in [-0.4, -0.2) is 26.3 Å². The smallest absolute Gasteiger partial charge is 0.277 e. The van der Waals surface area contributed by atoms with Crippen LogP contribution in [0.1, 0.15) is 23.5 Å². The van der Waals surface area contributed by atoms with Crippen molar-refractivity contribution in [2.45, 2.75) is 30.7 Å². The quantitative estimate of drug-likeness (QED) is 0.677. The number of para-hydroxylation sites is 1. The Labute approximate surface area is 147 Å². The van der Waals surface area contributed by atoms with E-state index >= 15 is 0 Å². The molecule has 0 bridgehead atoms. The number of thioether (sulfide) groups is 1. The SMILES string of the molecule is Cc1nc(Cc2nnc(S[C@H](C)C(=O)Nc3ccccc3)o2)cs1. The van der Waals surface area contributed by atoms with Crippen LogP contribution < -0.4 is 5.32 Å². The third-order valence-corrected chi connectivity index (χ3v) is 4.89. The molecule has 0 saturated heterocycles. The van der Waals surface area contributed by atoms with Gasteiger partial charge in [0.15, 0.2) is 0 Å². The highest BCUT2D eigenvalue weighted by molar-refractivity contribution is 8.00. The van der Waals surface area contributed by atoms with Crippen LogP contribution in [-0.2, 0) is 11.2 Å². The Morgan fingerprint density at radius 3 is 2.83 bits per heavy atom. The molecule has 2 heterocycles. The molecule has 0 radical (unpaired) electrons. The van der Waals surface area contributed by atoms with Crippen LogP contribution in [0, 0.1) is 6.92 Å². The van der Waals surface area contributed by atoms with Crippen molar-refractivity contribution in [2.75, 3.05) is 5.32 Å². The molecule has 0 fully saturated rings. The molecule has 1 aromatic carbocycles.